The molecule has 0 radical (unpaired) electrons. The number of carbonyl (C=O) groups excluding carboxylic acids is 2. The quantitative estimate of drug-likeness (QED) is 0.0356. The van der Waals surface area contributed by atoms with Gasteiger partial charge in [-0.15, -0.1) is 0 Å². The van der Waals surface area contributed by atoms with Crippen molar-refractivity contribution in [3.8, 4) is 5.75 Å². The number of likely N-dealkylation sites (tertiary alicyclic amines) is 1. The van der Waals surface area contributed by atoms with Gasteiger partial charge in [0, 0.05) is 18.7 Å². The van der Waals surface area contributed by atoms with Crippen LogP contribution in [0, 0.1) is 41.5 Å². The summed E-state index contributed by atoms with van der Waals surface area (Å²) in [6.07, 6.45) is 2.16. The van der Waals surface area contributed by atoms with Gasteiger partial charge in [0.2, 0.25) is 17.5 Å². The van der Waals surface area contributed by atoms with E-state index < -0.39 is 40.6 Å². The van der Waals surface area contributed by atoms with E-state index in [1.165, 1.54) is 0 Å². The lowest BCUT2D eigenvalue weighted by molar-refractivity contribution is -0.136. The largest absolute Gasteiger partial charge is 0.420 e. The fourth-order valence-electron chi connectivity index (χ4n) is 4.87. The maximum Gasteiger partial charge on any atom is 0.313 e. The number of piperidine rings is 1. The molecule has 2 rings (SSSR count). The first-order chi connectivity index (χ1) is 23.4. The van der Waals surface area contributed by atoms with Crippen LogP contribution in [-0.2, 0) is 42.7 Å². The highest BCUT2D eigenvalue weighted by Gasteiger charge is 2.30. The summed E-state index contributed by atoms with van der Waals surface area (Å²) in [6.45, 7) is 14.0. The van der Waals surface area contributed by atoms with Crippen molar-refractivity contribution in [1.82, 2.24) is 4.90 Å². The molecule has 1 fully saturated rings. The van der Waals surface area contributed by atoms with E-state index in [0.717, 1.165) is 32.9 Å². The summed E-state index contributed by atoms with van der Waals surface area (Å²) in [6, 6.07) is 0. The number of rotatable bonds is 25. The Morgan fingerprint density at radius 1 is 0.592 bits per heavy atom. The minimum Gasteiger partial charge on any atom is -0.420 e. The smallest absolute Gasteiger partial charge is 0.313 e. The minimum absolute atomic E-state index is 0.129. The Labute approximate surface area is 286 Å². The molecule has 282 valence electrons. The maximum atomic E-state index is 13.9. The van der Waals surface area contributed by atoms with E-state index in [0.29, 0.717) is 90.4 Å². The molecule has 11 nitrogen and oxygen atoms in total. The minimum atomic E-state index is -1.92. The third-order valence-electron chi connectivity index (χ3n) is 7.87. The zero-order valence-electron chi connectivity index (χ0n) is 29.3. The molecule has 49 heavy (non-hydrogen) atoms. The van der Waals surface area contributed by atoms with Crippen molar-refractivity contribution in [2.45, 2.75) is 53.4 Å². The zero-order valence-corrected chi connectivity index (χ0v) is 29.3. The number of carbonyl (C=O) groups is 2. The standard InChI is InChI=1S/C34H53F4NO10/c1-25-29(35)31(37)32(38)33(30(25)36)49-28(41)8-12-43-14-16-45-18-20-47-22-24-48-23-21-46-19-17-44-15-13-42-11-7-27(40)39-9-5-26(6-10-39)34(2,3)4/h26H,5-24H2,1-4H3. The molecule has 0 spiro atoms. The molecule has 1 aliphatic heterocycles. The van der Waals surface area contributed by atoms with E-state index >= 15 is 0 Å². The van der Waals surface area contributed by atoms with Crippen LogP contribution in [0.25, 0.3) is 0 Å². The van der Waals surface area contributed by atoms with Gasteiger partial charge in [-0.3, -0.25) is 9.59 Å². The molecular formula is C34H53F4NO10. The molecule has 0 aliphatic carbocycles. The van der Waals surface area contributed by atoms with Crippen LogP contribution in [-0.4, -0.2) is 122 Å². The van der Waals surface area contributed by atoms with Gasteiger partial charge in [0.25, 0.3) is 0 Å². The summed E-state index contributed by atoms with van der Waals surface area (Å²) in [5.41, 5.74) is -0.501. The van der Waals surface area contributed by atoms with Crippen LogP contribution in [0.1, 0.15) is 52.0 Å². The summed E-state index contributed by atoms with van der Waals surface area (Å²) in [4.78, 5) is 26.1. The van der Waals surface area contributed by atoms with Gasteiger partial charge >= 0.3 is 5.97 Å². The van der Waals surface area contributed by atoms with Gasteiger partial charge in [0.1, 0.15) is 0 Å². The molecule has 0 bridgehead atoms. The number of amides is 1. The molecular weight excluding hydrogens is 658 g/mol. The lowest BCUT2D eigenvalue weighted by Crippen LogP contribution is -2.41. The van der Waals surface area contributed by atoms with Gasteiger partial charge in [-0.25, -0.2) is 13.2 Å². The van der Waals surface area contributed by atoms with Crippen molar-refractivity contribution in [2.24, 2.45) is 11.3 Å². The van der Waals surface area contributed by atoms with Crippen molar-refractivity contribution in [3.05, 3.63) is 28.8 Å². The van der Waals surface area contributed by atoms with Gasteiger partial charge < -0.3 is 42.8 Å². The number of ether oxygens (including phenoxy) is 8. The van der Waals surface area contributed by atoms with Crippen molar-refractivity contribution in [3.63, 3.8) is 0 Å². The molecule has 1 heterocycles. The lowest BCUT2D eigenvalue weighted by Gasteiger charge is -2.38. The van der Waals surface area contributed by atoms with Crippen LogP contribution in [0.4, 0.5) is 17.6 Å². The summed E-state index contributed by atoms with van der Waals surface area (Å²) < 4.78 is 96.7. The van der Waals surface area contributed by atoms with Gasteiger partial charge in [-0.05, 0) is 31.1 Å². The fourth-order valence-corrected chi connectivity index (χ4v) is 4.87. The molecule has 0 saturated carbocycles. The van der Waals surface area contributed by atoms with Crippen LogP contribution in [0.2, 0.25) is 0 Å². The van der Waals surface area contributed by atoms with Crippen LogP contribution in [0.15, 0.2) is 0 Å². The first-order valence-electron chi connectivity index (χ1n) is 16.8. The molecule has 1 aromatic rings. The molecule has 0 atom stereocenters. The summed E-state index contributed by atoms with van der Waals surface area (Å²) >= 11 is 0. The first kappa shape index (κ1) is 42.8. The van der Waals surface area contributed by atoms with Gasteiger partial charge in [-0.1, -0.05) is 20.8 Å². The number of benzene rings is 1. The van der Waals surface area contributed by atoms with E-state index in [2.05, 4.69) is 25.5 Å². The third kappa shape index (κ3) is 16.9. The Hall–Kier alpha value is -2.40. The molecule has 0 unspecified atom stereocenters. The van der Waals surface area contributed by atoms with Gasteiger partial charge in [0.05, 0.1) is 105 Å². The molecule has 0 aromatic heterocycles. The van der Waals surface area contributed by atoms with Crippen molar-refractivity contribution >= 4 is 11.9 Å². The fraction of sp³-hybridized carbons (Fsp3) is 0.765. The van der Waals surface area contributed by atoms with E-state index in [9.17, 15) is 27.2 Å². The van der Waals surface area contributed by atoms with E-state index in [1.54, 1.807) is 0 Å². The Kier molecular flexibility index (Phi) is 20.9. The molecule has 1 aromatic carbocycles. The van der Waals surface area contributed by atoms with Gasteiger partial charge in [0.15, 0.2) is 17.5 Å². The maximum absolute atomic E-state index is 13.9. The number of halogens is 4. The highest BCUT2D eigenvalue weighted by Crippen LogP contribution is 2.34. The summed E-state index contributed by atoms with van der Waals surface area (Å²) in [5.74, 6) is -8.53. The number of esters is 1. The monoisotopic (exact) mass is 711 g/mol. The predicted octanol–water partition coefficient (Wildman–Crippen LogP) is 4.64. The second-order valence-corrected chi connectivity index (χ2v) is 12.5. The second kappa shape index (κ2) is 23.9. The predicted molar refractivity (Wildman–Crippen MR) is 170 cm³/mol. The normalized spacial score (nSPS) is 14.1. The Balaban J connectivity index is 1.28. The van der Waals surface area contributed by atoms with Crippen LogP contribution < -0.4 is 4.74 Å². The first-order valence-corrected chi connectivity index (χ1v) is 16.8. The molecule has 15 heteroatoms. The summed E-state index contributed by atoms with van der Waals surface area (Å²) in [5, 5.41) is 0. The van der Waals surface area contributed by atoms with Gasteiger partial charge in [-0.2, -0.15) is 4.39 Å². The van der Waals surface area contributed by atoms with Crippen LogP contribution in [0.5, 0.6) is 5.75 Å². The average Bonchev–Trinajstić information content (AvgIpc) is 3.08. The molecule has 1 amide bonds. The zero-order chi connectivity index (χ0) is 36.1. The Bertz CT molecular complexity index is 1080. The van der Waals surface area contributed by atoms with E-state index in [1.807, 2.05) is 4.90 Å². The lowest BCUT2D eigenvalue weighted by atomic mass is 9.75. The molecule has 0 N–H and O–H groups in total. The van der Waals surface area contributed by atoms with Crippen molar-refractivity contribution in [1.29, 1.82) is 0 Å². The Morgan fingerprint density at radius 3 is 1.39 bits per heavy atom. The topological polar surface area (TPSA) is 111 Å². The second-order valence-electron chi connectivity index (χ2n) is 12.5. The number of hydrogen-bond acceptors (Lipinski definition) is 10. The van der Waals surface area contributed by atoms with E-state index in [-0.39, 0.29) is 32.1 Å². The Morgan fingerprint density at radius 2 is 0.980 bits per heavy atom. The van der Waals surface area contributed by atoms with Crippen LogP contribution in [0.3, 0.4) is 0 Å². The highest BCUT2D eigenvalue weighted by atomic mass is 19.2. The van der Waals surface area contributed by atoms with E-state index in [4.69, 9.17) is 33.2 Å². The SMILES string of the molecule is Cc1c(F)c(F)c(F)c(OC(=O)CCOCCOCCOCCOCCOCCOCCOCCC(=O)N2CCC(C(C)(C)C)CC2)c1F. The summed E-state index contributed by atoms with van der Waals surface area (Å²) in [7, 11) is 0. The number of nitrogens with zero attached hydrogens (tertiary/aromatic N) is 1. The molecule has 1 saturated heterocycles. The van der Waals surface area contributed by atoms with Crippen molar-refractivity contribution < 1.29 is 65.0 Å². The third-order valence-corrected chi connectivity index (χ3v) is 7.87. The molecule has 1 aliphatic rings. The highest BCUT2D eigenvalue weighted by molar-refractivity contribution is 5.76. The van der Waals surface area contributed by atoms with Crippen molar-refractivity contribution in [2.75, 3.05) is 106 Å². The van der Waals surface area contributed by atoms with Crippen LogP contribution >= 0.6 is 0 Å². The number of hydrogen-bond donors (Lipinski definition) is 0. The average molecular weight is 712 g/mol.